The van der Waals surface area contributed by atoms with E-state index in [1.54, 1.807) is 0 Å². The van der Waals surface area contributed by atoms with Gasteiger partial charge in [0.25, 0.3) is 0 Å². The minimum Gasteiger partial charge on any atom is -0.387 e. The number of fused-ring (bicyclic) bond motifs is 1. The molecule has 0 unspecified atom stereocenters. The fourth-order valence-electron chi connectivity index (χ4n) is 2.18. The average molecular weight is 206 g/mol. The fraction of sp³-hybridized carbons (Fsp3) is 0.538. The smallest absolute Gasteiger partial charge is 0.0960 e. The largest absolute Gasteiger partial charge is 0.387 e. The molecule has 1 aliphatic carbocycles. The summed E-state index contributed by atoms with van der Waals surface area (Å²) in [5.74, 6) is 0. The minimum absolute atomic E-state index is 0.454. The van der Waals surface area contributed by atoms with Crippen molar-refractivity contribution in [2.45, 2.75) is 31.8 Å². The van der Waals surface area contributed by atoms with Crippen molar-refractivity contribution in [3.63, 3.8) is 0 Å². The topological polar surface area (TPSA) is 29.5 Å². The molecular formula is C13H18O2. The van der Waals surface area contributed by atoms with Gasteiger partial charge in [-0.05, 0) is 17.5 Å². The second kappa shape index (κ2) is 4.33. The third-order valence-electron chi connectivity index (χ3n) is 2.88. The van der Waals surface area contributed by atoms with Gasteiger partial charge in [0.1, 0.15) is 0 Å². The molecule has 1 N–H and O–H groups in total. The van der Waals surface area contributed by atoms with Gasteiger partial charge in [0.2, 0.25) is 0 Å². The van der Waals surface area contributed by atoms with Crippen LogP contribution in [0.5, 0.6) is 0 Å². The molecule has 0 heterocycles. The van der Waals surface area contributed by atoms with Crippen molar-refractivity contribution in [3.8, 4) is 0 Å². The normalized spacial score (nSPS) is 17.7. The van der Waals surface area contributed by atoms with Gasteiger partial charge in [0.05, 0.1) is 12.2 Å². The van der Waals surface area contributed by atoms with Gasteiger partial charge in [0, 0.05) is 19.4 Å². The molecule has 2 heteroatoms. The lowest BCUT2D eigenvalue weighted by Gasteiger charge is -2.21. The van der Waals surface area contributed by atoms with Crippen LogP contribution < -0.4 is 0 Å². The van der Waals surface area contributed by atoms with E-state index in [0.29, 0.717) is 6.61 Å². The van der Waals surface area contributed by atoms with Crippen LogP contribution in [-0.2, 0) is 17.6 Å². The summed E-state index contributed by atoms with van der Waals surface area (Å²) in [7, 11) is 0. The van der Waals surface area contributed by atoms with Crippen molar-refractivity contribution >= 4 is 0 Å². The Balaban J connectivity index is 1.98. The summed E-state index contributed by atoms with van der Waals surface area (Å²) in [6.45, 7) is 3.27. The molecule has 1 aromatic carbocycles. The molecule has 0 spiro atoms. The Bertz CT molecular complexity index is 308. The quantitative estimate of drug-likeness (QED) is 0.763. The van der Waals surface area contributed by atoms with E-state index in [9.17, 15) is 5.11 Å². The summed E-state index contributed by atoms with van der Waals surface area (Å²) in [6.07, 6.45) is 2.46. The second-order valence-electron chi connectivity index (χ2n) is 4.40. The van der Waals surface area contributed by atoms with E-state index in [1.807, 2.05) is 12.1 Å². The van der Waals surface area contributed by atoms with Gasteiger partial charge in [-0.1, -0.05) is 31.2 Å². The van der Waals surface area contributed by atoms with Crippen LogP contribution in [0.3, 0.4) is 0 Å². The maximum absolute atomic E-state index is 10.3. The van der Waals surface area contributed by atoms with Crippen molar-refractivity contribution in [3.05, 3.63) is 35.4 Å². The number of rotatable bonds is 4. The highest BCUT2D eigenvalue weighted by molar-refractivity contribution is 5.35. The Kier molecular flexibility index (Phi) is 3.08. The highest BCUT2D eigenvalue weighted by Gasteiger charge is 2.34. The van der Waals surface area contributed by atoms with Crippen LogP contribution in [0.4, 0.5) is 0 Å². The molecule has 1 aromatic rings. The molecular weight excluding hydrogens is 188 g/mol. The van der Waals surface area contributed by atoms with Gasteiger partial charge in [-0.3, -0.25) is 0 Å². The number of hydrogen-bond acceptors (Lipinski definition) is 2. The lowest BCUT2D eigenvalue weighted by Crippen LogP contribution is -2.35. The summed E-state index contributed by atoms with van der Waals surface area (Å²) < 4.78 is 5.45. The van der Waals surface area contributed by atoms with Gasteiger partial charge in [-0.15, -0.1) is 0 Å². The summed E-state index contributed by atoms with van der Waals surface area (Å²) >= 11 is 0. The number of aliphatic hydroxyl groups is 1. The van der Waals surface area contributed by atoms with Crippen LogP contribution in [0.15, 0.2) is 24.3 Å². The van der Waals surface area contributed by atoms with E-state index in [-0.39, 0.29) is 0 Å². The zero-order valence-corrected chi connectivity index (χ0v) is 9.20. The third-order valence-corrected chi connectivity index (χ3v) is 2.88. The molecule has 0 amide bonds. The predicted molar refractivity (Wildman–Crippen MR) is 59.9 cm³/mol. The highest BCUT2D eigenvalue weighted by atomic mass is 16.5. The molecule has 2 rings (SSSR count). The van der Waals surface area contributed by atoms with Crippen LogP contribution in [0, 0.1) is 0 Å². The molecule has 0 saturated carbocycles. The van der Waals surface area contributed by atoms with Crippen LogP contribution in [0.1, 0.15) is 24.5 Å². The Labute approximate surface area is 90.9 Å². The SMILES string of the molecule is CCCOCC1(O)Cc2ccccc2C1. The lowest BCUT2D eigenvalue weighted by atomic mass is 10.0. The molecule has 0 saturated heterocycles. The van der Waals surface area contributed by atoms with E-state index in [4.69, 9.17) is 4.74 Å². The van der Waals surface area contributed by atoms with E-state index in [0.717, 1.165) is 25.9 Å². The summed E-state index contributed by atoms with van der Waals surface area (Å²) in [5.41, 5.74) is 1.86. The zero-order valence-electron chi connectivity index (χ0n) is 9.20. The zero-order chi connectivity index (χ0) is 10.7. The first-order valence-electron chi connectivity index (χ1n) is 5.60. The van der Waals surface area contributed by atoms with E-state index >= 15 is 0 Å². The molecule has 0 aromatic heterocycles. The molecule has 15 heavy (non-hydrogen) atoms. The van der Waals surface area contributed by atoms with Gasteiger partial charge in [-0.2, -0.15) is 0 Å². The maximum Gasteiger partial charge on any atom is 0.0960 e. The molecule has 1 aliphatic rings. The summed E-state index contributed by atoms with van der Waals surface area (Å²) in [6, 6.07) is 8.23. The van der Waals surface area contributed by atoms with E-state index < -0.39 is 5.60 Å². The Hall–Kier alpha value is -0.860. The Morgan fingerprint density at radius 3 is 2.40 bits per heavy atom. The Morgan fingerprint density at radius 1 is 1.27 bits per heavy atom. The van der Waals surface area contributed by atoms with Crippen LogP contribution in [0.2, 0.25) is 0 Å². The van der Waals surface area contributed by atoms with E-state index in [2.05, 4.69) is 19.1 Å². The maximum atomic E-state index is 10.3. The third kappa shape index (κ3) is 2.39. The Morgan fingerprint density at radius 2 is 1.87 bits per heavy atom. The van der Waals surface area contributed by atoms with E-state index in [1.165, 1.54) is 11.1 Å². The number of ether oxygens (including phenoxy) is 1. The second-order valence-corrected chi connectivity index (χ2v) is 4.40. The summed E-state index contributed by atoms with van der Waals surface area (Å²) in [4.78, 5) is 0. The highest BCUT2D eigenvalue weighted by Crippen LogP contribution is 2.30. The van der Waals surface area contributed by atoms with Crippen molar-refractivity contribution in [1.29, 1.82) is 0 Å². The van der Waals surface area contributed by atoms with Crippen LogP contribution >= 0.6 is 0 Å². The molecule has 0 bridgehead atoms. The average Bonchev–Trinajstić information content (AvgIpc) is 2.54. The van der Waals surface area contributed by atoms with Gasteiger partial charge >= 0.3 is 0 Å². The first-order chi connectivity index (χ1) is 7.23. The fourth-order valence-corrected chi connectivity index (χ4v) is 2.18. The monoisotopic (exact) mass is 206 g/mol. The van der Waals surface area contributed by atoms with Gasteiger partial charge in [0.15, 0.2) is 0 Å². The first kappa shape index (κ1) is 10.7. The molecule has 0 radical (unpaired) electrons. The summed E-state index contributed by atoms with van der Waals surface area (Å²) in [5, 5.41) is 10.3. The number of benzene rings is 1. The lowest BCUT2D eigenvalue weighted by molar-refractivity contribution is -0.0388. The molecule has 82 valence electrons. The van der Waals surface area contributed by atoms with Crippen molar-refractivity contribution in [1.82, 2.24) is 0 Å². The van der Waals surface area contributed by atoms with Gasteiger partial charge < -0.3 is 9.84 Å². The van der Waals surface area contributed by atoms with Crippen molar-refractivity contribution < 1.29 is 9.84 Å². The first-order valence-corrected chi connectivity index (χ1v) is 5.60. The molecule has 0 aliphatic heterocycles. The van der Waals surface area contributed by atoms with Gasteiger partial charge in [-0.25, -0.2) is 0 Å². The van der Waals surface area contributed by atoms with Crippen molar-refractivity contribution in [2.24, 2.45) is 0 Å². The minimum atomic E-state index is -0.668. The standard InChI is InChI=1S/C13H18O2/c1-2-7-15-10-13(14)8-11-5-3-4-6-12(11)9-13/h3-6,14H,2,7-10H2,1H3. The number of hydrogen-bond donors (Lipinski definition) is 1. The van der Waals surface area contributed by atoms with Crippen molar-refractivity contribution in [2.75, 3.05) is 13.2 Å². The van der Waals surface area contributed by atoms with Crippen LogP contribution in [0.25, 0.3) is 0 Å². The molecule has 2 nitrogen and oxygen atoms in total. The molecule has 0 atom stereocenters. The molecule has 0 fully saturated rings. The van der Waals surface area contributed by atoms with Crippen LogP contribution in [-0.4, -0.2) is 23.9 Å². The predicted octanol–water partition coefficient (Wildman–Crippen LogP) is 1.94.